The molecule has 0 aliphatic carbocycles. The van der Waals surface area contributed by atoms with Crippen LogP contribution in [0.15, 0.2) is 53.4 Å². The summed E-state index contributed by atoms with van der Waals surface area (Å²) < 4.78 is 27.5. The van der Waals surface area contributed by atoms with Crippen molar-refractivity contribution in [3.05, 3.63) is 65.2 Å². The van der Waals surface area contributed by atoms with Crippen molar-refractivity contribution >= 4 is 16.1 Å². The van der Waals surface area contributed by atoms with Crippen LogP contribution in [0.5, 0.6) is 0 Å². The van der Waals surface area contributed by atoms with Crippen molar-refractivity contribution in [2.45, 2.75) is 31.7 Å². The minimum absolute atomic E-state index is 0.126. The van der Waals surface area contributed by atoms with E-state index < -0.39 is 10.0 Å². The highest BCUT2D eigenvalue weighted by Crippen LogP contribution is 2.22. The van der Waals surface area contributed by atoms with Gasteiger partial charge in [0.25, 0.3) is 0 Å². The van der Waals surface area contributed by atoms with Crippen LogP contribution >= 0.6 is 0 Å². The van der Waals surface area contributed by atoms with E-state index in [0.29, 0.717) is 37.6 Å². The normalized spacial score (nSPS) is 15.2. The van der Waals surface area contributed by atoms with Crippen LogP contribution in [0.4, 0.5) is 4.79 Å². The molecule has 0 unspecified atom stereocenters. The lowest BCUT2D eigenvalue weighted by Crippen LogP contribution is -2.53. The predicted molar refractivity (Wildman–Crippen MR) is 127 cm³/mol. The largest absolute Gasteiger partial charge is 0.338 e. The van der Waals surface area contributed by atoms with E-state index in [0.717, 1.165) is 30.6 Å². The number of hydrogen-bond donors (Lipinski definition) is 1. The quantitative estimate of drug-likeness (QED) is 0.618. The molecule has 0 spiro atoms. The second kappa shape index (κ2) is 10.9. The summed E-state index contributed by atoms with van der Waals surface area (Å²) in [4.78, 5) is 16.8. The molecular formula is C24H34N4O3S. The third kappa shape index (κ3) is 6.31. The molecule has 2 aromatic carbocycles. The van der Waals surface area contributed by atoms with E-state index in [2.05, 4.69) is 29.4 Å². The van der Waals surface area contributed by atoms with Crippen LogP contribution in [-0.4, -0.2) is 74.9 Å². The number of rotatable bonds is 8. The zero-order chi connectivity index (χ0) is 23.1. The minimum atomic E-state index is -3.55. The average Bonchev–Trinajstić information content (AvgIpc) is 2.77. The van der Waals surface area contributed by atoms with Crippen molar-refractivity contribution in [3.63, 3.8) is 0 Å². The van der Waals surface area contributed by atoms with Gasteiger partial charge >= 0.3 is 6.03 Å². The first-order chi connectivity index (χ1) is 15.3. The van der Waals surface area contributed by atoms with E-state index >= 15 is 0 Å². The van der Waals surface area contributed by atoms with Crippen molar-refractivity contribution in [2.75, 3.05) is 46.3 Å². The Morgan fingerprint density at radius 2 is 1.72 bits per heavy atom. The predicted octanol–water partition coefficient (Wildman–Crippen LogP) is 2.84. The summed E-state index contributed by atoms with van der Waals surface area (Å²) in [7, 11) is -1.47. The van der Waals surface area contributed by atoms with Crippen molar-refractivity contribution in [3.8, 4) is 0 Å². The first-order valence-electron chi connectivity index (χ1n) is 11.1. The molecule has 1 fully saturated rings. The standard InChI is InChI=1S/C24H34N4O3S/c1-20-10-11-23(21(2)18-20)32(30,31)28-16-14-27(15-17-28)24(29)25-12-7-13-26(3)19-22-8-5-4-6-9-22/h4-6,8-11,18H,7,12-17,19H2,1-3H3,(H,25,29). The highest BCUT2D eigenvalue weighted by atomic mass is 32.2. The number of aryl methyl sites for hydroxylation is 2. The Morgan fingerprint density at radius 3 is 2.38 bits per heavy atom. The molecular weight excluding hydrogens is 424 g/mol. The molecule has 2 amide bonds. The molecule has 3 rings (SSSR count). The monoisotopic (exact) mass is 458 g/mol. The van der Waals surface area contributed by atoms with Gasteiger partial charge in [0.2, 0.25) is 10.0 Å². The van der Waals surface area contributed by atoms with Crippen molar-refractivity contribution in [1.82, 2.24) is 19.4 Å². The van der Waals surface area contributed by atoms with Crippen LogP contribution < -0.4 is 5.32 Å². The Kier molecular flexibility index (Phi) is 8.28. The number of nitrogens with one attached hydrogen (secondary N) is 1. The van der Waals surface area contributed by atoms with Gasteiger partial charge in [-0.3, -0.25) is 0 Å². The Bertz CT molecular complexity index is 1000. The molecule has 32 heavy (non-hydrogen) atoms. The summed E-state index contributed by atoms with van der Waals surface area (Å²) in [6, 6.07) is 15.6. The Morgan fingerprint density at radius 1 is 1.03 bits per heavy atom. The lowest BCUT2D eigenvalue weighted by Gasteiger charge is -2.34. The maximum Gasteiger partial charge on any atom is 0.317 e. The molecule has 174 valence electrons. The number of hydrogen-bond acceptors (Lipinski definition) is 4. The molecule has 7 nitrogen and oxygen atoms in total. The first-order valence-corrected chi connectivity index (χ1v) is 12.5. The number of benzene rings is 2. The highest BCUT2D eigenvalue weighted by Gasteiger charge is 2.30. The topological polar surface area (TPSA) is 73.0 Å². The number of carbonyl (C=O) groups is 1. The average molecular weight is 459 g/mol. The van der Waals surface area contributed by atoms with Crippen LogP contribution in [0.2, 0.25) is 0 Å². The zero-order valence-electron chi connectivity index (χ0n) is 19.3. The van der Waals surface area contributed by atoms with Gasteiger partial charge < -0.3 is 15.1 Å². The maximum absolute atomic E-state index is 13.0. The summed E-state index contributed by atoms with van der Waals surface area (Å²) in [5.74, 6) is 0. The van der Waals surface area contributed by atoms with E-state index in [1.165, 1.54) is 9.87 Å². The summed E-state index contributed by atoms with van der Waals surface area (Å²) in [6.07, 6.45) is 0.857. The van der Waals surface area contributed by atoms with E-state index in [1.807, 2.05) is 44.2 Å². The van der Waals surface area contributed by atoms with Crippen LogP contribution in [0, 0.1) is 13.8 Å². The number of amides is 2. The molecule has 1 saturated heterocycles. The molecule has 0 aromatic heterocycles. The molecule has 1 heterocycles. The number of nitrogens with zero attached hydrogens (tertiary/aromatic N) is 3. The Labute approximate surface area is 192 Å². The number of sulfonamides is 1. The first kappa shape index (κ1) is 24.2. The van der Waals surface area contributed by atoms with Gasteiger partial charge in [0.05, 0.1) is 4.90 Å². The summed E-state index contributed by atoms with van der Waals surface area (Å²) in [5.41, 5.74) is 3.06. The molecule has 0 radical (unpaired) electrons. The highest BCUT2D eigenvalue weighted by molar-refractivity contribution is 7.89. The Balaban J connectivity index is 1.40. The van der Waals surface area contributed by atoms with Crippen LogP contribution in [0.3, 0.4) is 0 Å². The van der Waals surface area contributed by atoms with Crippen LogP contribution in [0.1, 0.15) is 23.1 Å². The molecule has 0 saturated carbocycles. The third-order valence-electron chi connectivity index (χ3n) is 5.76. The molecule has 1 aliphatic heterocycles. The molecule has 0 atom stereocenters. The van der Waals surface area contributed by atoms with E-state index in [9.17, 15) is 13.2 Å². The molecule has 1 aliphatic rings. The zero-order valence-corrected chi connectivity index (χ0v) is 20.1. The van der Waals surface area contributed by atoms with Gasteiger partial charge in [-0.2, -0.15) is 4.31 Å². The fourth-order valence-corrected chi connectivity index (χ4v) is 5.62. The van der Waals surface area contributed by atoms with Gasteiger partial charge in [0, 0.05) is 39.3 Å². The van der Waals surface area contributed by atoms with Crippen LogP contribution in [0.25, 0.3) is 0 Å². The van der Waals surface area contributed by atoms with Crippen LogP contribution in [-0.2, 0) is 16.6 Å². The Hall–Kier alpha value is -2.42. The smallest absolute Gasteiger partial charge is 0.317 e. The molecule has 0 bridgehead atoms. The van der Waals surface area contributed by atoms with Gasteiger partial charge in [-0.05, 0) is 51.1 Å². The van der Waals surface area contributed by atoms with Gasteiger partial charge in [-0.15, -0.1) is 0 Å². The van der Waals surface area contributed by atoms with Crippen molar-refractivity contribution in [1.29, 1.82) is 0 Å². The number of carbonyl (C=O) groups excluding carboxylic acids is 1. The van der Waals surface area contributed by atoms with Gasteiger partial charge in [-0.1, -0.05) is 48.0 Å². The van der Waals surface area contributed by atoms with Crippen molar-refractivity contribution in [2.24, 2.45) is 0 Å². The van der Waals surface area contributed by atoms with E-state index in [1.54, 1.807) is 11.0 Å². The number of urea groups is 1. The fraction of sp³-hybridized carbons (Fsp3) is 0.458. The SMILES string of the molecule is Cc1ccc(S(=O)(=O)N2CCN(C(=O)NCCCN(C)Cc3ccccc3)CC2)c(C)c1. The van der Waals surface area contributed by atoms with Crippen molar-refractivity contribution < 1.29 is 13.2 Å². The lowest BCUT2D eigenvalue weighted by atomic mass is 10.2. The molecule has 8 heteroatoms. The second-order valence-corrected chi connectivity index (χ2v) is 10.4. The second-order valence-electron chi connectivity index (χ2n) is 8.47. The van der Waals surface area contributed by atoms with Gasteiger partial charge in [-0.25, -0.2) is 13.2 Å². The summed E-state index contributed by atoms with van der Waals surface area (Å²) in [5, 5.41) is 2.96. The summed E-state index contributed by atoms with van der Waals surface area (Å²) >= 11 is 0. The number of piperazine rings is 1. The molecule has 1 N–H and O–H groups in total. The van der Waals surface area contributed by atoms with E-state index in [-0.39, 0.29) is 6.03 Å². The lowest BCUT2D eigenvalue weighted by molar-refractivity contribution is 0.172. The molecule has 2 aromatic rings. The maximum atomic E-state index is 13.0. The van der Waals surface area contributed by atoms with Gasteiger partial charge in [0.1, 0.15) is 0 Å². The summed E-state index contributed by atoms with van der Waals surface area (Å²) in [6.45, 7) is 7.53. The fourth-order valence-electron chi connectivity index (χ4n) is 3.99. The third-order valence-corrected chi connectivity index (χ3v) is 7.82. The van der Waals surface area contributed by atoms with Gasteiger partial charge in [0.15, 0.2) is 0 Å². The van der Waals surface area contributed by atoms with E-state index in [4.69, 9.17) is 0 Å². The minimum Gasteiger partial charge on any atom is -0.338 e.